The molecular weight excluding hydrogens is 461 g/mol. The number of nitrogens with zero attached hydrogens (tertiary/aromatic N) is 1. The van der Waals surface area contributed by atoms with Gasteiger partial charge in [0.2, 0.25) is 5.91 Å². The molecule has 34 heavy (non-hydrogen) atoms. The third-order valence-corrected chi connectivity index (χ3v) is 6.74. The first-order chi connectivity index (χ1) is 15.8. The standard InChI is InChI=1S/C26H53NO5S.Na/c1-4-7-10-11-14-17-20-25(32-33(29,30)31)21-18-15-12-13-16-19-22-26(28)27(23-8-5-2)24-9-6-3;/h25H,4-24H2,1-3H3,(H,29,30,31);. The first-order valence-electron chi connectivity index (χ1n) is 13.8. The van der Waals surface area contributed by atoms with Crippen molar-refractivity contribution in [3.8, 4) is 0 Å². The van der Waals surface area contributed by atoms with Gasteiger partial charge in [0, 0.05) is 49.1 Å². The quantitative estimate of drug-likeness (QED) is 0.0844. The molecule has 0 saturated heterocycles. The van der Waals surface area contributed by atoms with E-state index < -0.39 is 16.5 Å². The SMILES string of the molecule is CCCCCCCCC(CCCCCCCCC(=O)N(CCCC)CCCC)OS(=O)(=O)O.[Na]. The van der Waals surface area contributed by atoms with Crippen LogP contribution in [0.15, 0.2) is 0 Å². The summed E-state index contributed by atoms with van der Waals surface area (Å²) in [5.41, 5.74) is 0. The molecule has 0 aromatic heterocycles. The second-order valence-electron chi connectivity index (χ2n) is 9.45. The first-order valence-corrected chi connectivity index (χ1v) is 15.1. The Hall–Kier alpha value is 0.340. The van der Waals surface area contributed by atoms with Gasteiger partial charge in [-0.25, -0.2) is 4.18 Å². The molecule has 0 aliphatic rings. The van der Waals surface area contributed by atoms with Crippen molar-refractivity contribution in [2.24, 2.45) is 0 Å². The summed E-state index contributed by atoms with van der Waals surface area (Å²) in [4.78, 5) is 14.5. The van der Waals surface area contributed by atoms with Crippen molar-refractivity contribution < 1.29 is 21.9 Å². The molecule has 0 rings (SSSR count). The van der Waals surface area contributed by atoms with Crippen LogP contribution in [0.1, 0.15) is 143 Å². The molecule has 0 spiro atoms. The molecule has 6 nitrogen and oxygen atoms in total. The minimum absolute atomic E-state index is 0. The van der Waals surface area contributed by atoms with E-state index in [1.807, 2.05) is 4.90 Å². The topological polar surface area (TPSA) is 83.9 Å². The van der Waals surface area contributed by atoms with Crippen LogP contribution in [0.3, 0.4) is 0 Å². The van der Waals surface area contributed by atoms with Gasteiger partial charge in [-0.05, 0) is 32.1 Å². The van der Waals surface area contributed by atoms with E-state index in [4.69, 9.17) is 8.74 Å². The summed E-state index contributed by atoms with van der Waals surface area (Å²) in [6.45, 7) is 8.29. The van der Waals surface area contributed by atoms with Crippen LogP contribution in [0.5, 0.6) is 0 Å². The fraction of sp³-hybridized carbons (Fsp3) is 0.962. The molecule has 1 amide bonds. The van der Waals surface area contributed by atoms with Crippen LogP contribution in [0.4, 0.5) is 0 Å². The molecule has 0 aliphatic carbocycles. The Bertz CT molecular complexity index is 551. The predicted molar refractivity (Wildman–Crippen MR) is 144 cm³/mol. The second kappa shape index (κ2) is 25.0. The van der Waals surface area contributed by atoms with Crippen molar-refractivity contribution in [3.05, 3.63) is 0 Å². The average Bonchev–Trinajstić information content (AvgIpc) is 2.76. The molecule has 1 unspecified atom stereocenters. The Labute approximate surface area is 233 Å². The van der Waals surface area contributed by atoms with E-state index in [2.05, 4.69) is 20.8 Å². The van der Waals surface area contributed by atoms with Crippen LogP contribution in [0.25, 0.3) is 0 Å². The number of unbranched alkanes of at least 4 members (excludes halogenated alkanes) is 12. The molecule has 0 bridgehead atoms. The van der Waals surface area contributed by atoms with Crippen LogP contribution in [-0.2, 0) is 19.4 Å². The van der Waals surface area contributed by atoms with E-state index in [9.17, 15) is 13.2 Å². The fourth-order valence-corrected chi connectivity index (χ4v) is 4.67. The molecule has 0 heterocycles. The van der Waals surface area contributed by atoms with Gasteiger partial charge in [-0.2, -0.15) is 8.42 Å². The van der Waals surface area contributed by atoms with E-state index in [1.54, 1.807) is 0 Å². The third kappa shape index (κ3) is 24.1. The van der Waals surface area contributed by atoms with Crippen molar-refractivity contribution in [1.82, 2.24) is 4.90 Å². The van der Waals surface area contributed by atoms with E-state index in [0.29, 0.717) is 25.2 Å². The summed E-state index contributed by atoms with van der Waals surface area (Å²) >= 11 is 0. The third-order valence-electron chi connectivity index (χ3n) is 6.22. The number of carbonyl (C=O) groups excluding carboxylic acids is 1. The Morgan fingerprint density at radius 3 is 1.56 bits per heavy atom. The number of carbonyl (C=O) groups is 1. The second-order valence-corrected chi connectivity index (χ2v) is 10.5. The van der Waals surface area contributed by atoms with Crippen LogP contribution >= 0.6 is 0 Å². The summed E-state index contributed by atoms with van der Waals surface area (Å²) < 4.78 is 36.2. The minimum atomic E-state index is -4.39. The van der Waals surface area contributed by atoms with Gasteiger partial charge in [-0.1, -0.05) is 104 Å². The van der Waals surface area contributed by atoms with Crippen molar-refractivity contribution >= 4 is 45.9 Å². The maximum Gasteiger partial charge on any atom is 0.397 e. The molecular formula is C26H53NNaO5S. The van der Waals surface area contributed by atoms with E-state index >= 15 is 0 Å². The molecule has 8 heteroatoms. The Morgan fingerprint density at radius 2 is 1.12 bits per heavy atom. The molecule has 1 N–H and O–H groups in total. The zero-order valence-corrected chi connectivity index (χ0v) is 25.7. The Balaban J connectivity index is 0. The van der Waals surface area contributed by atoms with Gasteiger partial charge in [0.15, 0.2) is 0 Å². The van der Waals surface area contributed by atoms with Crippen molar-refractivity contribution in [3.63, 3.8) is 0 Å². The molecule has 0 saturated carbocycles. The summed E-state index contributed by atoms with van der Waals surface area (Å²) in [7, 11) is -4.39. The van der Waals surface area contributed by atoms with Crippen molar-refractivity contribution in [2.75, 3.05) is 13.1 Å². The maximum atomic E-state index is 12.5. The Morgan fingerprint density at radius 1 is 0.706 bits per heavy atom. The first kappa shape index (κ1) is 36.5. The van der Waals surface area contributed by atoms with Gasteiger partial charge < -0.3 is 4.90 Å². The van der Waals surface area contributed by atoms with Gasteiger partial charge in [0.25, 0.3) is 0 Å². The van der Waals surface area contributed by atoms with Crippen molar-refractivity contribution in [1.29, 1.82) is 0 Å². The van der Waals surface area contributed by atoms with E-state index in [1.165, 1.54) is 25.7 Å². The molecule has 0 aliphatic heterocycles. The number of rotatable bonds is 24. The fourth-order valence-electron chi connectivity index (χ4n) is 4.14. The molecule has 0 aromatic rings. The molecule has 0 aromatic carbocycles. The summed E-state index contributed by atoms with van der Waals surface area (Å²) in [5, 5.41) is 0. The van der Waals surface area contributed by atoms with Gasteiger partial charge >= 0.3 is 10.4 Å². The molecule has 1 atom stereocenters. The van der Waals surface area contributed by atoms with E-state index in [-0.39, 0.29) is 29.6 Å². The summed E-state index contributed by atoms with van der Waals surface area (Å²) in [6, 6.07) is 0. The maximum absolute atomic E-state index is 12.5. The smallest absolute Gasteiger partial charge is 0.343 e. The summed E-state index contributed by atoms with van der Waals surface area (Å²) in [5.74, 6) is 0.303. The van der Waals surface area contributed by atoms with Crippen LogP contribution in [0.2, 0.25) is 0 Å². The molecule has 199 valence electrons. The zero-order valence-electron chi connectivity index (χ0n) is 22.9. The van der Waals surface area contributed by atoms with Gasteiger partial charge in [-0.15, -0.1) is 0 Å². The molecule has 1 radical (unpaired) electrons. The monoisotopic (exact) mass is 514 g/mol. The zero-order chi connectivity index (χ0) is 24.8. The minimum Gasteiger partial charge on any atom is -0.343 e. The molecule has 0 fully saturated rings. The van der Waals surface area contributed by atoms with Crippen molar-refractivity contribution in [2.45, 2.75) is 149 Å². The largest absolute Gasteiger partial charge is 0.397 e. The van der Waals surface area contributed by atoms with Crippen LogP contribution in [0, 0.1) is 0 Å². The normalized spacial score (nSPS) is 12.4. The van der Waals surface area contributed by atoms with E-state index in [0.717, 1.165) is 90.1 Å². The number of amides is 1. The number of hydrogen-bond acceptors (Lipinski definition) is 4. The number of hydrogen-bond donors (Lipinski definition) is 1. The van der Waals surface area contributed by atoms with Crippen LogP contribution in [-0.4, -0.2) is 72.5 Å². The predicted octanol–water partition coefficient (Wildman–Crippen LogP) is 7.09. The van der Waals surface area contributed by atoms with Gasteiger partial charge in [0.05, 0.1) is 6.10 Å². The average molecular weight is 515 g/mol. The summed E-state index contributed by atoms with van der Waals surface area (Å²) in [6.07, 6.45) is 18.9. The van der Waals surface area contributed by atoms with Crippen LogP contribution < -0.4 is 0 Å². The van der Waals surface area contributed by atoms with Gasteiger partial charge in [-0.3, -0.25) is 9.35 Å². The Kier molecular flexibility index (Phi) is 26.8. The van der Waals surface area contributed by atoms with Gasteiger partial charge in [0.1, 0.15) is 0 Å².